The molecule has 0 saturated carbocycles. The van der Waals surface area contributed by atoms with Gasteiger partial charge in [0.2, 0.25) is 6.20 Å². The van der Waals surface area contributed by atoms with Crippen LogP contribution in [0.25, 0.3) is 27.2 Å². The Labute approximate surface area is 199 Å². The summed E-state index contributed by atoms with van der Waals surface area (Å²) in [5, 5.41) is 11.5. The Balaban J connectivity index is 1.66. The molecule has 2 heterocycles. The van der Waals surface area contributed by atoms with Gasteiger partial charge < -0.3 is 10.3 Å². The van der Waals surface area contributed by atoms with Crippen molar-refractivity contribution in [3.05, 3.63) is 100 Å². The molecule has 2 aromatic heterocycles. The molecule has 4 aromatic rings. The standard InChI is InChI=1S/C25H23N5O3S/c1-27-13-20(12-26)19-11-23-24(28-14-19)8-7-18-6-5-17(10-22(18)25(23)31)16-34(33)29-15-21-4-2-3-9-30(21)32/h2-14,29H,15-16H2,1H3,(H2-,26,27,31,32)/p+1. The van der Waals surface area contributed by atoms with E-state index >= 15 is 0 Å². The summed E-state index contributed by atoms with van der Waals surface area (Å²) >= 11 is -1.41. The van der Waals surface area contributed by atoms with Gasteiger partial charge in [-0.1, -0.05) is 18.2 Å². The number of pyridine rings is 2. The first-order valence-electron chi connectivity index (χ1n) is 10.5. The summed E-state index contributed by atoms with van der Waals surface area (Å²) < 4.78 is 16.5. The third-order valence-electron chi connectivity index (χ3n) is 5.36. The van der Waals surface area contributed by atoms with E-state index in [-0.39, 0.29) is 17.7 Å². The number of aliphatic imine (C=N–C) groups is 1. The predicted molar refractivity (Wildman–Crippen MR) is 135 cm³/mol. The van der Waals surface area contributed by atoms with Crippen molar-refractivity contribution in [1.29, 1.82) is 0 Å². The molecule has 9 heteroatoms. The fraction of sp³-hybridized carbons (Fsp3) is 0.120. The van der Waals surface area contributed by atoms with Gasteiger partial charge in [-0.25, -0.2) is 0 Å². The molecule has 1 atom stereocenters. The second-order valence-corrected chi connectivity index (χ2v) is 8.87. The lowest BCUT2D eigenvalue weighted by atomic mass is 10.1. The Morgan fingerprint density at radius 2 is 2.06 bits per heavy atom. The van der Waals surface area contributed by atoms with Gasteiger partial charge in [0, 0.05) is 81.4 Å². The SMILES string of the molecule is CN=CC(=CN)c1cnc2ccc3ccc(C[S+]([O-])NCc4cccc[n+]4O)cc3c(=O)c2c1. The number of allylic oxidation sites excluding steroid dienone is 1. The van der Waals surface area contributed by atoms with Gasteiger partial charge in [-0.2, -0.15) is 0 Å². The molecule has 4 rings (SSSR count). The molecule has 0 aliphatic rings. The van der Waals surface area contributed by atoms with Gasteiger partial charge in [0.15, 0.2) is 11.2 Å². The van der Waals surface area contributed by atoms with Gasteiger partial charge in [0.05, 0.1) is 5.52 Å². The summed E-state index contributed by atoms with van der Waals surface area (Å²) in [6.07, 6.45) is 6.21. The van der Waals surface area contributed by atoms with Crippen molar-refractivity contribution in [2.45, 2.75) is 12.3 Å². The van der Waals surface area contributed by atoms with Crippen LogP contribution in [-0.4, -0.2) is 28.0 Å². The third-order valence-corrected chi connectivity index (χ3v) is 6.42. The quantitative estimate of drug-likeness (QED) is 0.163. The van der Waals surface area contributed by atoms with Crippen molar-refractivity contribution >= 4 is 44.8 Å². The highest BCUT2D eigenvalue weighted by Gasteiger charge is 2.15. The van der Waals surface area contributed by atoms with E-state index in [0.717, 1.165) is 15.7 Å². The number of nitrogens with zero attached hydrogens (tertiary/aromatic N) is 3. The van der Waals surface area contributed by atoms with E-state index in [0.29, 0.717) is 33.1 Å². The third kappa shape index (κ3) is 5.07. The Hall–Kier alpha value is -3.79. The fourth-order valence-electron chi connectivity index (χ4n) is 3.62. The zero-order chi connectivity index (χ0) is 24.1. The van der Waals surface area contributed by atoms with Crippen LogP contribution < -0.4 is 20.6 Å². The highest BCUT2D eigenvalue weighted by Crippen LogP contribution is 2.20. The molecule has 0 spiro atoms. The molecule has 4 N–H and O–H groups in total. The van der Waals surface area contributed by atoms with E-state index in [2.05, 4.69) is 14.7 Å². The Morgan fingerprint density at radius 3 is 2.82 bits per heavy atom. The lowest BCUT2D eigenvalue weighted by Crippen LogP contribution is -2.38. The minimum Gasteiger partial charge on any atom is -0.598 e. The number of hydrogen-bond donors (Lipinski definition) is 3. The Morgan fingerprint density at radius 1 is 1.24 bits per heavy atom. The van der Waals surface area contributed by atoms with Gasteiger partial charge >= 0.3 is 0 Å². The first-order valence-corrected chi connectivity index (χ1v) is 11.8. The topological polar surface area (TPSA) is 128 Å². The first kappa shape index (κ1) is 23.4. The molecule has 0 bridgehead atoms. The summed E-state index contributed by atoms with van der Waals surface area (Å²) in [4.78, 5) is 21.9. The molecule has 34 heavy (non-hydrogen) atoms. The van der Waals surface area contributed by atoms with Crippen molar-refractivity contribution in [1.82, 2.24) is 9.71 Å². The first-order chi connectivity index (χ1) is 16.5. The van der Waals surface area contributed by atoms with Gasteiger partial charge in [0.1, 0.15) is 6.54 Å². The molecule has 2 aromatic carbocycles. The molecule has 8 nitrogen and oxygen atoms in total. The van der Waals surface area contributed by atoms with E-state index < -0.39 is 11.4 Å². The minimum absolute atomic E-state index is 0.166. The average molecular weight is 475 g/mol. The molecule has 0 aliphatic carbocycles. The van der Waals surface area contributed by atoms with Gasteiger partial charge in [0.25, 0.3) is 5.69 Å². The average Bonchev–Trinajstić information content (AvgIpc) is 2.98. The van der Waals surface area contributed by atoms with Crippen molar-refractivity contribution < 1.29 is 14.5 Å². The summed E-state index contributed by atoms with van der Waals surface area (Å²) in [6.45, 7) is 0.233. The molecule has 0 radical (unpaired) electrons. The summed E-state index contributed by atoms with van der Waals surface area (Å²) in [5.74, 6) is 0.209. The van der Waals surface area contributed by atoms with Gasteiger partial charge in [-0.15, -0.1) is 4.72 Å². The highest BCUT2D eigenvalue weighted by molar-refractivity contribution is 7.88. The van der Waals surface area contributed by atoms with E-state index in [9.17, 15) is 14.6 Å². The lowest BCUT2D eigenvalue weighted by molar-refractivity contribution is -0.909. The maximum absolute atomic E-state index is 13.4. The Kier molecular flexibility index (Phi) is 7.17. The van der Waals surface area contributed by atoms with E-state index in [4.69, 9.17) is 5.73 Å². The van der Waals surface area contributed by atoms with E-state index in [1.54, 1.807) is 49.8 Å². The maximum Gasteiger partial charge on any atom is 0.252 e. The number of aromatic nitrogens is 2. The highest BCUT2D eigenvalue weighted by atomic mass is 32.2. The largest absolute Gasteiger partial charge is 0.598 e. The molecule has 1 unspecified atom stereocenters. The molecule has 172 valence electrons. The number of rotatable bonds is 7. The molecule has 0 amide bonds. The van der Waals surface area contributed by atoms with Crippen LogP contribution in [0.1, 0.15) is 16.8 Å². The number of hydrogen-bond acceptors (Lipinski definition) is 7. The second-order valence-electron chi connectivity index (χ2n) is 7.60. The summed E-state index contributed by atoms with van der Waals surface area (Å²) in [5.41, 5.74) is 8.81. The molecule has 0 aliphatic heterocycles. The van der Waals surface area contributed by atoms with Crippen LogP contribution in [0.4, 0.5) is 0 Å². The minimum atomic E-state index is -1.41. The zero-order valence-corrected chi connectivity index (χ0v) is 19.3. The van der Waals surface area contributed by atoms with Crippen molar-refractivity contribution in [3.8, 4) is 0 Å². The van der Waals surface area contributed by atoms with Crippen molar-refractivity contribution in [3.63, 3.8) is 0 Å². The van der Waals surface area contributed by atoms with E-state index in [1.165, 1.54) is 12.4 Å². The number of benzene rings is 1. The molecule has 0 fully saturated rings. The zero-order valence-electron chi connectivity index (χ0n) is 18.5. The van der Waals surface area contributed by atoms with Gasteiger partial charge in [-0.3, -0.25) is 20.0 Å². The van der Waals surface area contributed by atoms with Crippen LogP contribution in [0.5, 0.6) is 0 Å². The van der Waals surface area contributed by atoms with Crippen molar-refractivity contribution in [2.75, 3.05) is 7.05 Å². The summed E-state index contributed by atoms with van der Waals surface area (Å²) in [7, 11) is 1.65. The van der Waals surface area contributed by atoms with Crippen molar-refractivity contribution in [2.24, 2.45) is 10.7 Å². The smallest absolute Gasteiger partial charge is 0.252 e. The number of nitrogens with two attached hydrogens (primary N) is 1. The molecular formula is C25H24N5O3S+. The number of nitrogens with one attached hydrogen (secondary N) is 1. The predicted octanol–water partition coefficient (Wildman–Crippen LogP) is 2.23. The number of fused-ring (bicyclic) bond motifs is 2. The van der Waals surface area contributed by atoms with Crippen LogP contribution in [0.3, 0.4) is 0 Å². The van der Waals surface area contributed by atoms with Crippen LogP contribution in [-0.2, 0) is 23.7 Å². The monoisotopic (exact) mass is 474 g/mol. The van der Waals surface area contributed by atoms with Crippen LogP contribution in [0.15, 0.2) is 83.0 Å². The fourth-order valence-corrected chi connectivity index (χ4v) is 4.51. The van der Waals surface area contributed by atoms with E-state index in [1.807, 2.05) is 24.3 Å². The summed E-state index contributed by atoms with van der Waals surface area (Å²) in [6, 6.07) is 16.1. The second kappa shape index (κ2) is 10.4. The molecular weight excluding hydrogens is 450 g/mol. The Bertz CT molecular complexity index is 1470. The van der Waals surface area contributed by atoms with Gasteiger partial charge in [-0.05, 0) is 29.7 Å². The molecule has 0 saturated heterocycles. The van der Waals surface area contributed by atoms with Crippen LogP contribution >= 0.6 is 0 Å². The normalized spacial score (nSPS) is 13.1. The van der Waals surface area contributed by atoms with Crippen LogP contribution in [0.2, 0.25) is 0 Å². The van der Waals surface area contributed by atoms with Crippen LogP contribution in [0, 0.1) is 0 Å². The maximum atomic E-state index is 13.4. The lowest BCUT2D eigenvalue weighted by Gasteiger charge is -2.10.